The number of fused-ring (bicyclic) bond motifs is 3. The lowest BCUT2D eigenvalue weighted by atomic mass is 9.89. The predicted molar refractivity (Wildman–Crippen MR) is 114 cm³/mol. The van der Waals surface area contributed by atoms with E-state index in [0.29, 0.717) is 0 Å². The summed E-state index contributed by atoms with van der Waals surface area (Å²) in [5, 5.41) is 3.75. The molecule has 0 aromatic heterocycles. The lowest BCUT2D eigenvalue weighted by Gasteiger charge is -2.17. The number of benzene rings is 4. The first-order valence-electron chi connectivity index (χ1n) is 9.23. The van der Waals surface area contributed by atoms with Crippen molar-refractivity contribution in [3.8, 4) is 11.1 Å². The summed E-state index contributed by atoms with van der Waals surface area (Å²) in [7, 11) is 0. The van der Waals surface area contributed by atoms with Crippen molar-refractivity contribution < 1.29 is 0 Å². The van der Waals surface area contributed by atoms with Crippen molar-refractivity contribution in [3.63, 3.8) is 0 Å². The SMILES string of the molecule is c1ccc(C2=C(c3ccccc3)c3ccccc3-c3ccccc3N2)cc1. The zero-order chi connectivity index (χ0) is 18.1. The second kappa shape index (κ2) is 6.62. The number of nitrogens with one attached hydrogen (secondary N) is 1. The molecule has 0 aliphatic carbocycles. The fourth-order valence-electron chi connectivity index (χ4n) is 3.82. The Morgan fingerprint density at radius 2 is 0.926 bits per heavy atom. The Hall–Kier alpha value is -3.58. The van der Waals surface area contributed by atoms with Crippen molar-refractivity contribution in [1.82, 2.24) is 0 Å². The summed E-state index contributed by atoms with van der Waals surface area (Å²) in [6, 6.07) is 38.5. The third kappa shape index (κ3) is 2.74. The van der Waals surface area contributed by atoms with Crippen LogP contribution in [0.5, 0.6) is 0 Å². The molecule has 1 aliphatic rings. The van der Waals surface area contributed by atoms with Crippen molar-refractivity contribution in [2.24, 2.45) is 0 Å². The Balaban J connectivity index is 1.90. The van der Waals surface area contributed by atoms with E-state index in [-0.39, 0.29) is 0 Å². The second-order valence-electron chi connectivity index (χ2n) is 6.70. The Labute approximate surface area is 159 Å². The van der Waals surface area contributed by atoms with Crippen molar-refractivity contribution in [3.05, 3.63) is 126 Å². The molecule has 0 saturated heterocycles. The lowest BCUT2D eigenvalue weighted by molar-refractivity contribution is 1.52. The standard InChI is InChI=1S/C26H19N/c1-3-11-19(12-4-1)25-23-17-8-7-15-21(23)22-16-9-10-18-24(22)27-26(25)20-13-5-2-6-14-20/h1-18,27H. The molecule has 4 aromatic carbocycles. The number of para-hydroxylation sites is 1. The highest BCUT2D eigenvalue weighted by Gasteiger charge is 2.22. The summed E-state index contributed by atoms with van der Waals surface area (Å²) in [6.07, 6.45) is 0. The molecular weight excluding hydrogens is 326 g/mol. The molecule has 27 heavy (non-hydrogen) atoms. The first-order chi connectivity index (χ1) is 13.4. The van der Waals surface area contributed by atoms with Gasteiger partial charge in [0.2, 0.25) is 0 Å². The van der Waals surface area contributed by atoms with Crippen molar-refractivity contribution in [1.29, 1.82) is 0 Å². The maximum Gasteiger partial charge on any atom is 0.0543 e. The van der Waals surface area contributed by atoms with Crippen LogP contribution in [-0.2, 0) is 0 Å². The van der Waals surface area contributed by atoms with Gasteiger partial charge in [-0.2, -0.15) is 0 Å². The summed E-state index contributed by atoms with van der Waals surface area (Å²) in [6.45, 7) is 0. The molecule has 1 heterocycles. The summed E-state index contributed by atoms with van der Waals surface area (Å²) in [4.78, 5) is 0. The Morgan fingerprint density at radius 3 is 1.63 bits per heavy atom. The number of hydrogen-bond donors (Lipinski definition) is 1. The highest BCUT2D eigenvalue weighted by atomic mass is 14.9. The van der Waals surface area contributed by atoms with Gasteiger partial charge in [0.1, 0.15) is 0 Å². The molecule has 0 bridgehead atoms. The van der Waals surface area contributed by atoms with Crippen molar-refractivity contribution in [2.45, 2.75) is 0 Å². The van der Waals surface area contributed by atoms with E-state index in [1.54, 1.807) is 0 Å². The molecule has 0 spiro atoms. The fourth-order valence-corrected chi connectivity index (χ4v) is 3.82. The largest absolute Gasteiger partial charge is 0.354 e. The summed E-state index contributed by atoms with van der Waals surface area (Å²) < 4.78 is 0. The Kier molecular flexibility index (Phi) is 3.84. The van der Waals surface area contributed by atoms with Gasteiger partial charge in [-0.05, 0) is 28.3 Å². The number of rotatable bonds is 2. The number of anilines is 1. The zero-order valence-corrected chi connectivity index (χ0v) is 14.9. The van der Waals surface area contributed by atoms with Crippen LogP contribution in [0.2, 0.25) is 0 Å². The van der Waals surface area contributed by atoms with Gasteiger partial charge in [-0.3, -0.25) is 0 Å². The summed E-state index contributed by atoms with van der Waals surface area (Å²) in [5.41, 5.74) is 9.63. The lowest BCUT2D eigenvalue weighted by Crippen LogP contribution is -2.02. The average Bonchev–Trinajstić information content (AvgIpc) is 2.90. The van der Waals surface area contributed by atoms with Crippen LogP contribution in [0.25, 0.3) is 22.4 Å². The Bertz CT molecular complexity index is 1120. The number of hydrogen-bond acceptors (Lipinski definition) is 1. The van der Waals surface area contributed by atoms with Gasteiger partial charge in [-0.1, -0.05) is 103 Å². The molecule has 0 radical (unpaired) electrons. The van der Waals surface area contributed by atoms with Crippen molar-refractivity contribution in [2.75, 3.05) is 5.32 Å². The van der Waals surface area contributed by atoms with E-state index in [9.17, 15) is 0 Å². The molecule has 1 N–H and O–H groups in total. The van der Waals surface area contributed by atoms with E-state index >= 15 is 0 Å². The van der Waals surface area contributed by atoms with Crippen LogP contribution in [0.15, 0.2) is 109 Å². The van der Waals surface area contributed by atoms with E-state index in [2.05, 4.69) is 115 Å². The monoisotopic (exact) mass is 345 g/mol. The molecule has 5 rings (SSSR count). The maximum atomic E-state index is 3.75. The maximum absolute atomic E-state index is 3.75. The summed E-state index contributed by atoms with van der Waals surface area (Å²) >= 11 is 0. The minimum atomic E-state index is 1.13. The van der Waals surface area contributed by atoms with Crippen LogP contribution >= 0.6 is 0 Å². The molecule has 128 valence electrons. The third-order valence-corrected chi connectivity index (χ3v) is 5.05. The molecule has 4 aromatic rings. The molecule has 0 unspecified atom stereocenters. The van der Waals surface area contributed by atoms with Crippen LogP contribution < -0.4 is 5.32 Å². The van der Waals surface area contributed by atoms with E-state index < -0.39 is 0 Å². The van der Waals surface area contributed by atoms with Gasteiger partial charge in [0.05, 0.1) is 5.70 Å². The molecular formula is C26H19N. The molecule has 1 nitrogen and oxygen atoms in total. The average molecular weight is 345 g/mol. The smallest absolute Gasteiger partial charge is 0.0543 e. The van der Waals surface area contributed by atoms with E-state index in [4.69, 9.17) is 0 Å². The van der Waals surface area contributed by atoms with E-state index in [0.717, 1.165) is 11.4 Å². The van der Waals surface area contributed by atoms with Crippen molar-refractivity contribution >= 4 is 17.0 Å². The van der Waals surface area contributed by atoms with Crippen LogP contribution in [0.3, 0.4) is 0 Å². The molecule has 0 amide bonds. The van der Waals surface area contributed by atoms with Gasteiger partial charge >= 0.3 is 0 Å². The van der Waals surface area contributed by atoms with Crippen LogP contribution in [0.4, 0.5) is 5.69 Å². The van der Waals surface area contributed by atoms with Crippen LogP contribution in [0.1, 0.15) is 16.7 Å². The topological polar surface area (TPSA) is 12.0 Å². The molecule has 0 fully saturated rings. The van der Waals surface area contributed by atoms with Gasteiger partial charge in [-0.25, -0.2) is 0 Å². The Morgan fingerprint density at radius 1 is 0.407 bits per heavy atom. The van der Waals surface area contributed by atoms with Crippen LogP contribution in [0, 0.1) is 0 Å². The fraction of sp³-hybridized carbons (Fsp3) is 0. The molecule has 1 heteroatoms. The first-order valence-corrected chi connectivity index (χ1v) is 9.23. The zero-order valence-electron chi connectivity index (χ0n) is 14.9. The van der Waals surface area contributed by atoms with E-state index in [1.807, 2.05) is 0 Å². The highest BCUT2D eigenvalue weighted by Crippen LogP contribution is 2.43. The highest BCUT2D eigenvalue weighted by molar-refractivity contribution is 6.09. The normalized spacial score (nSPS) is 12.6. The molecule has 1 aliphatic heterocycles. The first kappa shape index (κ1) is 15.7. The van der Waals surface area contributed by atoms with Gasteiger partial charge < -0.3 is 5.32 Å². The van der Waals surface area contributed by atoms with Crippen LogP contribution in [-0.4, -0.2) is 0 Å². The predicted octanol–water partition coefficient (Wildman–Crippen LogP) is 6.70. The minimum Gasteiger partial charge on any atom is -0.354 e. The summed E-state index contributed by atoms with van der Waals surface area (Å²) in [5.74, 6) is 0. The third-order valence-electron chi connectivity index (χ3n) is 5.05. The van der Waals surface area contributed by atoms with Gasteiger partial charge in [0.15, 0.2) is 0 Å². The molecule has 0 atom stereocenters. The van der Waals surface area contributed by atoms with Gasteiger partial charge in [0, 0.05) is 16.8 Å². The minimum absolute atomic E-state index is 1.13. The van der Waals surface area contributed by atoms with Gasteiger partial charge in [-0.15, -0.1) is 0 Å². The molecule has 0 saturated carbocycles. The second-order valence-corrected chi connectivity index (χ2v) is 6.70. The van der Waals surface area contributed by atoms with E-state index in [1.165, 1.54) is 33.4 Å². The quantitative estimate of drug-likeness (QED) is 0.426. The van der Waals surface area contributed by atoms with Gasteiger partial charge in [0.25, 0.3) is 0 Å².